The number of fused-ring (bicyclic) bond motifs is 3. The van der Waals surface area contributed by atoms with Crippen LogP contribution in [0.25, 0.3) is 27.5 Å². The average molecular weight is 378 g/mol. The number of rotatable bonds is 4. The molecule has 0 bridgehead atoms. The van der Waals surface area contributed by atoms with Crippen molar-refractivity contribution in [1.29, 1.82) is 0 Å². The topological polar surface area (TPSA) is 43.6 Å². The maximum absolute atomic E-state index is 12.9. The van der Waals surface area contributed by atoms with Gasteiger partial charge in [-0.2, -0.15) is 5.10 Å². The van der Waals surface area contributed by atoms with Gasteiger partial charge in [0.05, 0.1) is 17.4 Å². The van der Waals surface area contributed by atoms with Gasteiger partial charge in [-0.25, -0.2) is 9.31 Å². The molecule has 0 saturated carbocycles. The normalized spacial score (nSPS) is 11.0. The van der Waals surface area contributed by atoms with Crippen LogP contribution in [0.1, 0.15) is 15.9 Å². The molecule has 2 heterocycles. The summed E-state index contributed by atoms with van der Waals surface area (Å²) in [6, 6.07) is 29.8. The number of ether oxygens (including phenoxy) is 1. The number of aromatic nitrogens is 2. The highest BCUT2D eigenvalue weighted by molar-refractivity contribution is 6.08. The maximum Gasteiger partial charge on any atom is 0.342 e. The summed E-state index contributed by atoms with van der Waals surface area (Å²) in [7, 11) is 0. The van der Waals surface area contributed by atoms with Gasteiger partial charge in [0.2, 0.25) is 0 Å². The maximum atomic E-state index is 12.9. The minimum atomic E-state index is -0.376. The number of hydrogen-bond donors (Lipinski definition) is 0. The van der Waals surface area contributed by atoms with Crippen LogP contribution in [0.2, 0.25) is 0 Å². The van der Waals surface area contributed by atoms with E-state index in [0.29, 0.717) is 5.56 Å². The van der Waals surface area contributed by atoms with Gasteiger partial charge in [-0.1, -0.05) is 84.9 Å². The Bertz CT molecular complexity index is 1310. The molecule has 2 aromatic heterocycles. The third-order valence-corrected chi connectivity index (χ3v) is 5.01. The fourth-order valence-electron chi connectivity index (χ4n) is 3.60. The smallest absolute Gasteiger partial charge is 0.342 e. The first-order valence-electron chi connectivity index (χ1n) is 9.47. The summed E-state index contributed by atoms with van der Waals surface area (Å²) in [5.74, 6) is -0.376. The van der Waals surface area contributed by atoms with Crippen molar-refractivity contribution < 1.29 is 9.53 Å². The van der Waals surface area contributed by atoms with E-state index in [1.54, 1.807) is 6.20 Å². The lowest BCUT2D eigenvalue weighted by atomic mass is 10.0. The van der Waals surface area contributed by atoms with Crippen LogP contribution in [0.15, 0.2) is 97.2 Å². The molecule has 0 radical (unpaired) electrons. The summed E-state index contributed by atoms with van der Waals surface area (Å²) in [6.45, 7) is 0.229. The zero-order valence-corrected chi connectivity index (χ0v) is 15.7. The second-order valence-corrected chi connectivity index (χ2v) is 6.86. The van der Waals surface area contributed by atoms with Crippen molar-refractivity contribution in [1.82, 2.24) is 9.61 Å². The number of nitrogens with zero attached hydrogens (tertiary/aromatic N) is 2. The first kappa shape index (κ1) is 17.2. The van der Waals surface area contributed by atoms with Crippen LogP contribution in [0.5, 0.6) is 0 Å². The van der Waals surface area contributed by atoms with E-state index in [0.717, 1.165) is 33.1 Å². The number of esters is 1. The zero-order chi connectivity index (χ0) is 19.6. The van der Waals surface area contributed by atoms with Gasteiger partial charge in [-0.3, -0.25) is 0 Å². The van der Waals surface area contributed by atoms with Crippen LogP contribution in [0.3, 0.4) is 0 Å². The van der Waals surface area contributed by atoms with Gasteiger partial charge in [-0.15, -0.1) is 0 Å². The summed E-state index contributed by atoms with van der Waals surface area (Å²) in [4.78, 5) is 12.9. The summed E-state index contributed by atoms with van der Waals surface area (Å²) in [5, 5.41) is 6.56. The standard InChI is InChI=1S/C25H18N2O2/c28-25(29-17-18-9-3-1-4-10-18)22-16-26-27-23(19-11-5-2-6-12-19)15-20-13-7-8-14-21(20)24(22)27/h1-16H,17H2. The highest BCUT2D eigenvalue weighted by Crippen LogP contribution is 2.30. The molecule has 0 aliphatic carbocycles. The third-order valence-electron chi connectivity index (χ3n) is 5.01. The van der Waals surface area contributed by atoms with Crippen molar-refractivity contribution in [3.05, 3.63) is 108 Å². The Kier molecular flexibility index (Phi) is 4.30. The highest BCUT2D eigenvalue weighted by atomic mass is 16.5. The number of carbonyl (C=O) groups is 1. The van der Waals surface area contributed by atoms with Crippen LogP contribution in [0.4, 0.5) is 0 Å². The van der Waals surface area contributed by atoms with Gasteiger partial charge in [0.25, 0.3) is 0 Å². The first-order valence-corrected chi connectivity index (χ1v) is 9.47. The Hall–Kier alpha value is -3.92. The van der Waals surface area contributed by atoms with E-state index in [1.807, 2.05) is 89.4 Å². The van der Waals surface area contributed by atoms with E-state index < -0.39 is 0 Å². The van der Waals surface area contributed by atoms with E-state index in [2.05, 4.69) is 11.2 Å². The van der Waals surface area contributed by atoms with Crippen molar-refractivity contribution >= 4 is 22.3 Å². The molecule has 140 valence electrons. The fraction of sp³-hybridized carbons (Fsp3) is 0.0400. The SMILES string of the molecule is O=C(OCc1ccccc1)c1cnn2c(-c3ccccc3)cc3ccccc3c12. The quantitative estimate of drug-likeness (QED) is 0.387. The van der Waals surface area contributed by atoms with Crippen LogP contribution in [-0.4, -0.2) is 15.6 Å². The van der Waals surface area contributed by atoms with Crippen molar-refractivity contribution in [3.8, 4) is 11.3 Å². The van der Waals surface area contributed by atoms with E-state index in [-0.39, 0.29) is 12.6 Å². The summed E-state index contributed by atoms with van der Waals surface area (Å²) < 4.78 is 7.41. The zero-order valence-electron chi connectivity index (χ0n) is 15.7. The predicted molar refractivity (Wildman–Crippen MR) is 114 cm³/mol. The van der Waals surface area contributed by atoms with Crippen molar-refractivity contribution in [2.75, 3.05) is 0 Å². The summed E-state index contributed by atoms with van der Waals surface area (Å²) in [6.07, 6.45) is 1.60. The van der Waals surface area contributed by atoms with Gasteiger partial charge in [0.1, 0.15) is 12.2 Å². The molecule has 0 saturated heterocycles. The number of carbonyl (C=O) groups excluding carboxylic acids is 1. The fourth-order valence-corrected chi connectivity index (χ4v) is 3.60. The number of benzene rings is 3. The Labute approximate surface area is 168 Å². The van der Waals surface area contributed by atoms with Crippen LogP contribution in [-0.2, 0) is 11.3 Å². The van der Waals surface area contributed by atoms with Crippen LogP contribution < -0.4 is 0 Å². The largest absolute Gasteiger partial charge is 0.457 e. The molecule has 0 N–H and O–H groups in total. The molecule has 3 aromatic carbocycles. The summed E-state index contributed by atoms with van der Waals surface area (Å²) >= 11 is 0. The van der Waals surface area contributed by atoms with Crippen LogP contribution in [0, 0.1) is 0 Å². The van der Waals surface area contributed by atoms with Crippen molar-refractivity contribution in [2.45, 2.75) is 6.61 Å². The van der Waals surface area contributed by atoms with Gasteiger partial charge >= 0.3 is 5.97 Å². The molecule has 0 spiro atoms. The highest BCUT2D eigenvalue weighted by Gasteiger charge is 2.19. The molecule has 4 heteroatoms. The lowest BCUT2D eigenvalue weighted by Crippen LogP contribution is -2.05. The van der Waals surface area contributed by atoms with Gasteiger partial charge in [0.15, 0.2) is 0 Å². The van der Waals surface area contributed by atoms with E-state index in [4.69, 9.17) is 4.74 Å². The second-order valence-electron chi connectivity index (χ2n) is 6.86. The molecule has 29 heavy (non-hydrogen) atoms. The monoisotopic (exact) mass is 378 g/mol. The van der Waals surface area contributed by atoms with E-state index in [9.17, 15) is 4.79 Å². The third kappa shape index (κ3) is 3.15. The first-order chi connectivity index (χ1) is 14.3. The second kappa shape index (κ2) is 7.24. The van der Waals surface area contributed by atoms with Gasteiger partial charge in [0, 0.05) is 10.9 Å². The predicted octanol–water partition coefficient (Wildman–Crippen LogP) is 5.51. The van der Waals surface area contributed by atoms with Crippen molar-refractivity contribution in [3.63, 3.8) is 0 Å². The Balaban J connectivity index is 1.63. The minimum absolute atomic E-state index is 0.229. The molecule has 0 unspecified atom stereocenters. The molecule has 0 fully saturated rings. The molecule has 0 aliphatic rings. The van der Waals surface area contributed by atoms with Gasteiger partial charge in [-0.05, 0) is 17.0 Å². The molecule has 5 aromatic rings. The lowest BCUT2D eigenvalue weighted by molar-refractivity contribution is 0.0475. The average Bonchev–Trinajstić information content (AvgIpc) is 3.24. The molecular formula is C25H18N2O2. The Morgan fingerprint density at radius 2 is 1.55 bits per heavy atom. The van der Waals surface area contributed by atoms with E-state index >= 15 is 0 Å². The molecule has 5 rings (SSSR count). The van der Waals surface area contributed by atoms with Crippen LogP contribution >= 0.6 is 0 Å². The molecule has 0 amide bonds. The molecule has 4 nitrogen and oxygen atoms in total. The molecular weight excluding hydrogens is 360 g/mol. The molecule has 0 atom stereocenters. The molecule has 0 aliphatic heterocycles. The number of pyridine rings is 1. The minimum Gasteiger partial charge on any atom is -0.457 e. The van der Waals surface area contributed by atoms with Crippen molar-refractivity contribution in [2.24, 2.45) is 0 Å². The lowest BCUT2D eigenvalue weighted by Gasteiger charge is -2.10. The van der Waals surface area contributed by atoms with Gasteiger partial charge < -0.3 is 4.74 Å². The Morgan fingerprint density at radius 1 is 0.862 bits per heavy atom. The van der Waals surface area contributed by atoms with E-state index in [1.165, 1.54) is 0 Å². The summed E-state index contributed by atoms with van der Waals surface area (Å²) in [5.41, 5.74) is 4.15. The Morgan fingerprint density at radius 3 is 2.34 bits per heavy atom. The number of hydrogen-bond acceptors (Lipinski definition) is 3.